The van der Waals surface area contributed by atoms with E-state index in [0.717, 1.165) is 15.7 Å². The van der Waals surface area contributed by atoms with Gasteiger partial charge >= 0.3 is 0 Å². The first-order valence-corrected chi connectivity index (χ1v) is 6.08. The number of H-pyrrole nitrogens is 1. The average Bonchev–Trinajstić information content (AvgIpc) is 2.87. The second-order valence-corrected chi connectivity index (χ2v) is 4.49. The second kappa shape index (κ2) is 5.79. The number of aromatic amines is 1. The van der Waals surface area contributed by atoms with Gasteiger partial charge in [0.25, 0.3) is 5.91 Å². The molecule has 94 valence electrons. The molecule has 2 N–H and O–H groups in total. The van der Waals surface area contributed by atoms with Crippen molar-refractivity contribution < 1.29 is 9.53 Å². The van der Waals surface area contributed by atoms with Gasteiger partial charge in [0, 0.05) is 29.0 Å². The molecule has 0 aliphatic carbocycles. The van der Waals surface area contributed by atoms with Crippen LogP contribution >= 0.6 is 15.9 Å². The highest BCUT2D eigenvalue weighted by atomic mass is 79.9. The number of amides is 1. The van der Waals surface area contributed by atoms with Crippen LogP contribution in [0.2, 0.25) is 0 Å². The number of ether oxygens (including phenoxy) is 1. The van der Waals surface area contributed by atoms with Crippen molar-refractivity contribution in [3.8, 4) is 0 Å². The van der Waals surface area contributed by atoms with Crippen LogP contribution in [0.4, 0.5) is 5.69 Å². The van der Waals surface area contributed by atoms with Crippen molar-refractivity contribution in [2.75, 3.05) is 12.4 Å². The number of hydrogen-bond acceptors (Lipinski definition) is 3. The van der Waals surface area contributed by atoms with Crippen molar-refractivity contribution in [1.29, 1.82) is 0 Å². The maximum Gasteiger partial charge on any atom is 0.258 e. The van der Waals surface area contributed by atoms with Gasteiger partial charge in [-0.3, -0.25) is 9.89 Å². The Morgan fingerprint density at radius 3 is 3.06 bits per heavy atom. The summed E-state index contributed by atoms with van der Waals surface area (Å²) in [7, 11) is 1.61. The topological polar surface area (TPSA) is 67.0 Å². The molecule has 0 fully saturated rings. The fourth-order valence-corrected chi connectivity index (χ4v) is 2.02. The van der Waals surface area contributed by atoms with Gasteiger partial charge in [0.1, 0.15) is 0 Å². The molecule has 1 heterocycles. The highest BCUT2D eigenvalue weighted by Gasteiger charge is 2.11. The standard InChI is InChI=1S/C12H12BrN3O2/c1-18-7-9-10(13)3-2-4-11(9)16-12(17)8-5-14-15-6-8/h2-6H,7H2,1H3,(H,14,15)(H,16,17). The summed E-state index contributed by atoms with van der Waals surface area (Å²) in [5.41, 5.74) is 2.10. The van der Waals surface area contributed by atoms with Crippen molar-refractivity contribution in [1.82, 2.24) is 10.2 Å². The Morgan fingerprint density at radius 1 is 1.56 bits per heavy atom. The quantitative estimate of drug-likeness (QED) is 0.912. The minimum atomic E-state index is -0.209. The lowest BCUT2D eigenvalue weighted by molar-refractivity contribution is 0.102. The van der Waals surface area contributed by atoms with Gasteiger partial charge in [-0.2, -0.15) is 5.10 Å². The summed E-state index contributed by atoms with van der Waals surface area (Å²) in [6, 6.07) is 5.59. The van der Waals surface area contributed by atoms with Gasteiger partial charge in [0.15, 0.2) is 0 Å². The summed E-state index contributed by atoms with van der Waals surface area (Å²) in [5, 5.41) is 9.17. The van der Waals surface area contributed by atoms with E-state index in [4.69, 9.17) is 4.74 Å². The van der Waals surface area contributed by atoms with E-state index in [0.29, 0.717) is 12.2 Å². The molecule has 0 aliphatic heterocycles. The lowest BCUT2D eigenvalue weighted by atomic mass is 10.2. The van der Waals surface area contributed by atoms with E-state index in [-0.39, 0.29) is 5.91 Å². The molecule has 1 amide bonds. The van der Waals surface area contributed by atoms with Crippen molar-refractivity contribution in [3.05, 3.63) is 46.2 Å². The van der Waals surface area contributed by atoms with Crippen LogP contribution in [0.5, 0.6) is 0 Å². The lowest BCUT2D eigenvalue weighted by Gasteiger charge is -2.11. The molecule has 0 radical (unpaired) electrons. The van der Waals surface area contributed by atoms with Gasteiger partial charge < -0.3 is 10.1 Å². The van der Waals surface area contributed by atoms with E-state index >= 15 is 0 Å². The zero-order chi connectivity index (χ0) is 13.0. The molecule has 0 saturated heterocycles. The number of rotatable bonds is 4. The van der Waals surface area contributed by atoms with Crippen molar-refractivity contribution >= 4 is 27.5 Å². The van der Waals surface area contributed by atoms with Crippen LogP contribution in [-0.4, -0.2) is 23.2 Å². The smallest absolute Gasteiger partial charge is 0.258 e. The first-order chi connectivity index (χ1) is 8.72. The molecule has 5 nitrogen and oxygen atoms in total. The molecule has 2 rings (SSSR count). The van der Waals surface area contributed by atoms with Gasteiger partial charge in [0.05, 0.1) is 18.4 Å². The van der Waals surface area contributed by atoms with E-state index in [1.165, 1.54) is 6.20 Å². The van der Waals surface area contributed by atoms with Crippen LogP contribution in [0.25, 0.3) is 0 Å². The number of carbonyl (C=O) groups excluding carboxylic acids is 1. The van der Waals surface area contributed by atoms with Crippen molar-refractivity contribution in [3.63, 3.8) is 0 Å². The van der Waals surface area contributed by atoms with Crippen LogP contribution in [0.15, 0.2) is 35.1 Å². The Morgan fingerprint density at radius 2 is 2.39 bits per heavy atom. The number of benzene rings is 1. The summed E-state index contributed by atoms with van der Waals surface area (Å²) in [5.74, 6) is -0.209. The second-order valence-electron chi connectivity index (χ2n) is 3.64. The molecule has 18 heavy (non-hydrogen) atoms. The predicted molar refractivity (Wildman–Crippen MR) is 71.4 cm³/mol. The number of hydrogen-bond donors (Lipinski definition) is 2. The van der Waals surface area contributed by atoms with Crippen molar-refractivity contribution in [2.24, 2.45) is 0 Å². The maximum absolute atomic E-state index is 11.9. The zero-order valence-electron chi connectivity index (χ0n) is 9.74. The number of halogens is 1. The van der Waals surface area contributed by atoms with E-state index in [9.17, 15) is 4.79 Å². The summed E-state index contributed by atoms with van der Waals surface area (Å²) in [6.07, 6.45) is 3.02. The van der Waals surface area contributed by atoms with Gasteiger partial charge in [-0.25, -0.2) is 0 Å². The summed E-state index contributed by atoms with van der Waals surface area (Å²) >= 11 is 3.44. The number of nitrogens with one attached hydrogen (secondary N) is 2. The first-order valence-electron chi connectivity index (χ1n) is 5.29. The molecule has 0 atom stereocenters. The molecule has 0 bridgehead atoms. The molecular weight excluding hydrogens is 298 g/mol. The number of carbonyl (C=O) groups is 1. The lowest BCUT2D eigenvalue weighted by Crippen LogP contribution is -2.13. The molecule has 0 unspecified atom stereocenters. The molecule has 0 spiro atoms. The number of nitrogens with zero attached hydrogens (tertiary/aromatic N) is 1. The molecule has 2 aromatic rings. The molecular formula is C12H12BrN3O2. The Kier molecular flexibility index (Phi) is 4.11. The molecule has 0 saturated carbocycles. The fraction of sp³-hybridized carbons (Fsp3) is 0.167. The summed E-state index contributed by atoms with van der Waals surface area (Å²) in [4.78, 5) is 11.9. The number of anilines is 1. The Hall–Kier alpha value is -1.66. The molecule has 0 aliphatic rings. The van der Waals surface area contributed by atoms with Gasteiger partial charge in [-0.15, -0.1) is 0 Å². The third-order valence-electron chi connectivity index (χ3n) is 2.42. The summed E-state index contributed by atoms with van der Waals surface area (Å²) < 4.78 is 6.02. The Bertz CT molecular complexity index is 540. The fourth-order valence-electron chi connectivity index (χ4n) is 1.54. The van der Waals surface area contributed by atoms with Crippen LogP contribution in [0.1, 0.15) is 15.9 Å². The highest BCUT2D eigenvalue weighted by molar-refractivity contribution is 9.10. The number of methoxy groups -OCH3 is 1. The number of aromatic nitrogens is 2. The van der Waals surface area contributed by atoms with E-state index in [1.807, 2.05) is 18.2 Å². The summed E-state index contributed by atoms with van der Waals surface area (Å²) in [6.45, 7) is 0.419. The third-order valence-corrected chi connectivity index (χ3v) is 3.16. The Labute approximate surface area is 113 Å². The normalized spacial score (nSPS) is 10.3. The maximum atomic E-state index is 11.9. The molecule has 1 aromatic heterocycles. The minimum absolute atomic E-state index is 0.209. The Balaban J connectivity index is 2.23. The van der Waals surface area contributed by atoms with Crippen LogP contribution < -0.4 is 5.32 Å². The monoisotopic (exact) mass is 309 g/mol. The van der Waals surface area contributed by atoms with Gasteiger partial charge in [-0.05, 0) is 12.1 Å². The largest absolute Gasteiger partial charge is 0.380 e. The third kappa shape index (κ3) is 2.77. The van der Waals surface area contributed by atoms with E-state index in [1.54, 1.807) is 13.3 Å². The van der Waals surface area contributed by atoms with Gasteiger partial charge in [-0.1, -0.05) is 22.0 Å². The average molecular weight is 310 g/mol. The minimum Gasteiger partial charge on any atom is -0.380 e. The molecule has 6 heteroatoms. The SMILES string of the molecule is COCc1c(Br)cccc1NC(=O)c1cn[nH]c1. The van der Waals surface area contributed by atoms with E-state index < -0.39 is 0 Å². The van der Waals surface area contributed by atoms with Crippen LogP contribution in [0, 0.1) is 0 Å². The van der Waals surface area contributed by atoms with E-state index in [2.05, 4.69) is 31.4 Å². The van der Waals surface area contributed by atoms with Gasteiger partial charge in [0.2, 0.25) is 0 Å². The first kappa shape index (κ1) is 12.8. The van der Waals surface area contributed by atoms with Crippen LogP contribution in [-0.2, 0) is 11.3 Å². The highest BCUT2D eigenvalue weighted by Crippen LogP contribution is 2.25. The zero-order valence-corrected chi connectivity index (χ0v) is 11.3. The predicted octanol–water partition coefficient (Wildman–Crippen LogP) is 2.57. The van der Waals surface area contributed by atoms with Crippen molar-refractivity contribution in [2.45, 2.75) is 6.61 Å². The van der Waals surface area contributed by atoms with Crippen LogP contribution in [0.3, 0.4) is 0 Å². The molecule has 1 aromatic carbocycles.